The summed E-state index contributed by atoms with van der Waals surface area (Å²) >= 11 is 0. The van der Waals surface area contributed by atoms with Crippen LogP contribution >= 0.6 is 0 Å². The van der Waals surface area contributed by atoms with Gasteiger partial charge in [0, 0.05) is 28.6 Å². The number of hydrogen-bond acceptors (Lipinski definition) is 5. The molecule has 1 aromatic carbocycles. The number of aryl methyl sites for hydroxylation is 2. The minimum Gasteiger partial charge on any atom is -0.327 e. The number of nitrogens with two attached hydrogens (primary N) is 2. The number of aromatic nitrogens is 3. The van der Waals surface area contributed by atoms with Crippen LogP contribution in [-0.4, -0.2) is 26.5 Å². The van der Waals surface area contributed by atoms with E-state index in [2.05, 4.69) is 37.0 Å². The zero-order chi connectivity index (χ0) is 20.6. The number of rotatable bonds is 3. The third-order valence-electron chi connectivity index (χ3n) is 5.81. The standard InChI is InChI=1S/C24H29N5/c1-15-7-9-21-19(13-15)23(18-11-12-24(3,26)14-20(18)25)29-22(28-21)10-8-17-6-4-5-16(2)27-17/h4-10,13,18,20H,11-12,14,25-26H2,1-3H3/b10-8-. The van der Waals surface area contributed by atoms with Crippen molar-refractivity contribution in [1.82, 2.24) is 15.0 Å². The molecule has 0 amide bonds. The van der Waals surface area contributed by atoms with E-state index in [1.165, 1.54) is 5.56 Å². The molecule has 29 heavy (non-hydrogen) atoms. The molecule has 0 radical (unpaired) electrons. The molecule has 3 atom stereocenters. The Morgan fingerprint density at radius 3 is 2.66 bits per heavy atom. The predicted molar refractivity (Wildman–Crippen MR) is 119 cm³/mol. The molecule has 150 valence electrons. The van der Waals surface area contributed by atoms with Crippen molar-refractivity contribution in [3.63, 3.8) is 0 Å². The Kier molecular flexibility index (Phi) is 5.19. The first-order valence-electron chi connectivity index (χ1n) is 10.3. The molecule has 1 aliphatic carbocycles. The van der Waals surface area contributed by atoms with Gasteiger partial charge in [0.05, 0.1) is 16.9 Å². The van der Waals surface area contributed by atoms with Gasteiger partial charge < -0.3 is 11.5 Å². The highest BCUT2D eigenvalue weighted by Crippen LogP contribution is 2.38. The number of pyridine rings is 1. The Morgan fingerprint density at radius 2 is 1.90 bits per heavy atom. The van der Waals surface area contributed by atoms with Gasteiger partial charge in [-0.15, -0.1) is 0 Å². The van der Waals surface area contributed by atoms with E-state index in [-0.39, 0.29) is 17.5 Å². The van der Waals surface area contributed by atoms with E-state index >= 15 is 0 Å². The third kappa shape index (κ3) is 4.36. The maximum absolute atomic E-state index is 6.58. The van der Waals surface area contributed by atoms with Gasteiger partial charge >= 0.3 is 0 Å². The van der Waals surface area contributed by atoms with Crippen molar-refractivity contribution in [3.8, 4) is 0 Å². The first kappa shape index (κ1) is 19.7. The topological polar surface area (TPSA) is 90.7 Å². The molecular weight excluding hydrogens is 358 g/mol. The Hall–Kier alpha value is -2.63. The molecule has 1 saturated carbocycles. The van der Waals surface area contributed by atoms with E-state index in [0.29, 0.717) is 5.82 Å². The lowest BCUT2D eigenvalue weighted by atomic mass is 9.73. The molecule has 0 bridgehead atoms. The summed E-state index contributed by atoms with van der Waals surface area (Å²) in [6.45, 7) is 6.17. The van der Waals surface area contributed by atoms with Crippen LogP contribution in [0.4, 0.5) is 0 Å². The smallest absolute Gasteiger partial charge is 0.152 e. The van der Waals surface area contributed by atoms with Crippen LogP contribution in [0.25, 0.3) is 23.1 Å². The summed E-state index contributed by atoms with van der Waals surface area (Å²) < 4.78 is 0. The second-order valence-electron chi connectivity index (χ2n) is 8.69. The molecule has 3 unspecified atom stereocenters. The molecule has 5 heteroatoms. The van der Waals surface area contributed by atoms with Crippen LogP contribution in [0, 0.1) is 13.8 Å². The molecule has 4 N–H and O–H groups in total. The molecule has 1 fully saturated rings. The second kappa shape index (κ2) is 7.65. The van der Waals surface area contributed by atoms with Crippen LogP contribution in [-0.2, 0) is 0 Å². The third-order valence-corrected chi connectivity index (χ3v) is 5.81. The fraction of sp³-hybridized carbons (Fsp3) is 0.375. The van der Waals surface area contributed by atoms with E-state index in [1.807, 2.05) is 37.3 Å². The van der Waals surface area contributed by atoms with Crippen LogP contribution in [0.5, 0.6) is 0 Å². The van der Waals surface area contributed by atoms with Crippen molar-refractivity contribution in [2.75, 3.05) is 0 Å². The van der Waals surface area contributed by atoms with Crippen molar-refractivity contribution in [2.24, 2.45) is 11.5 Å². The van der Waals surface area contributed by atoms with E-state index in [0.717, 1.165) is 47.2 Å². The van der Waals surface area contributed by atoms with E-state index in [9.17, 15) is 0 Å². The Morgan fingerprint density at radius 1 is 1.07 bits per heavy atom. The first-order valence-corrected chi connectivity index (χ1v) is 10.3. The number of hydrogen-bond donors (Lipinski definition) is 2. The van der Waals surface area contributed by atoms with Gasteiger partial charge in [0.2, 0.25) is 0 Å². The predicted octanol–water partition coefficient (Wildman–Crippen LogP) is 4.12. The summed E-state index contributed by atoms with van der Waals surface area (Å²) in [5.41, 5.74) is 17.8. The highest BCUT2D eigenvalue weighted by atomic mass is 14.9. The largest absolute Gasteiger partial charge is 0.327 e. The highest BCUT2D eigenvalue weighted by molar-refractivity contribution is 5.83. The minimum atomic E-state index is -0.200. The van der Waals surface area contributed by atoms with Gasteiger partial charge in [-0.1, -0.05) is 17.7 Å². The maximum atomic E-state index is 6.58. The summed E-state index contributed by atoms with van der Waals surface area (Å²) in [5.74, 6) is 0.871. The molecule has 0 saturated heterocycles. The lowest BCUT2D eigenvalue weighted by molar-refractivity contribution is 0.261. The lowest BCUT2D eigenvalue weighted by Gasteiger charge is -2.38. The van der Waals surface area contributed by atoms with Crippen LogP contribution in [0.3, 0.4) is 0 Å². The van der Waals surface area contributed by atoms with Gasteiger partial charge in [-0.05, 0) is 76.5 Å². The molecule has 2 heterocycles. The highest BCUT2D eigenvalue weighted by Gasteiger charge is 2.35. The molecule has 2 aromatic heterocycles. The molecular formula is C24H29N5. The summed E-state index contributed by atoms with van der Waals surface area (Å²) in [7, 11) is 0. The SMILES string of the molecule is Cc1ccc2nc(/C=C\c3cccc(C)n3)nc(C3CCC(C)(N)CC3N)c2c1. The Bertz CT molecular complexity index is 1070. The van der Waals surface area contributed by atoms with Gasteiger partial charge in [-0.3, -0.25) is 4.98 Å². The number of fused-ring (bicyclic) bond motifs is 1. The van der Waals surface area contributed by atoms with Gasteiger partial charge in [0.1, 0.15) is 0 Å². The molecule has 0 aliphatic heterocycles. The lowest BCUT2D eigenvalue weighted by Crippen LogP contribution is -2.49. The molecule has 3 aromatic rings. The average molecular weight is 388 g/mol. The molecule has 5 nitrogen and oxygen atoms in total. The van der Waals surface area contributed by atoms with E-state index < -0.39 is 0 Å². The maximum Gasteiger partial charge on any atom is 0.152 e. The second-order valence-corrected chi connectivity index (χ2v) is 8.69. The Labute approximate surface area is 172 Å². The van der Waals surface area contributed by atoms with Gasteiger partial charge in [-0.25, -0.2) is 9.97 Å². The van der Waals surface area contributed by atoms with Crippen molar-refractivity contribution in [2.45, 2.75) is 57.5 Å². The van der Waals surface area contributed by atoms with Gasteiger partial charge in [0.15, 0.2) is 5.82 Å². The van der Waals surface area contributed by atoms with Crippen molar-refractivity contribution >= 4 is 23.1 Å². The van der Waals surface area contributed by atoms with E-state index in [4.69, 9.17) is 21.4 Å². The molecule has 1 aliphatic rings. The van der Waals surface area contributed by atoms with Crippen LogP contribution < -0.4 is 11.5 Å². The fourth-order valence-corrected chi connectivity index (χ4v) is 4.28. The number of nitrogens with zero attached hydrogens (tertiary/aromatic N) is 3. The van der Waals surface area contributed by atoms with E-state index in [1.54, 1.807) is 0 Å². The first-order chi connectivity index (χ1) is 13.8. The summed E-state index contributed by atoms with van der Waals surface area (Å²) in [6, 6.07) is 12.3. The fourth-order valence-electron chi connectivity index (χ4n) is 4.28. The molecule has 0 spiro atoms. The summed E-state index contributed by atoms with van der Waals surface area (Å²) in [5, 5.41) is 1.09. The summed E-state index contributed by atoms with van der Waals surface area (Å²) in [4.78, 5) is 14.3. The van der Waals surface area contributed by atoms with Crippen LogP contribution in [0.15, 0.2) is 36.4 Å². The monoisotopic (exact) mass is 387 g/mol. The zero-order valence-electron chi connectivity index (χ0n) is 17.4. The van der Waals surface area contributed by atoms with Crippen molar-refractivity contribution in [1.29, 1.82) is 0 Å². The van der Waals surface area contributed by atoms with Crippen LogP contribution in [0.2, 0.25) is 0 Å². The Balaban J connectivity index is 1.77. The van der Waals surface area contributed by atoms with Crippen molar-refractivity contribution in [3.05, 3.63) is 64.9 Å². The average Bonchev–Trinajstić information content (AvgIpc) is 2.66. The van der Waals surface area contributed by atoms with Crippen LogP contribution in [0.1, 0.15) is 60.6 Å². The molecule has 4 rings (SSSR count). The quantitative estimate of drug-likeness (QED) is 0.705. The van der Waals surface area contributed by atoms with Crippen molar-refractivity contribution < 1.29 is 0 Å². The zero-order valence-corrected chi connectivity index (χ0v) is 17.4. The normalized spacial score (nSPS) is 25.0. The van der Waals surface area contributed by atoms with Gasteiger partial charge in [-0.2, -0.15) is 0 Å². The number of benzene rings is 1. The van der Waals surface area contributed by atoms with Gasteiger partial charge in [0.25, 0.3) is 0 Å². The summed E-state index contributed by atoms with van der Waals surface area (Å²) in [6.07, 6.45) is 6.58. The minimum absolute atomic E-state index is 0.00682.